The number of aromatic nitrogens is 1. The highest BCUT2D eigenvalue weighted by Crippen LogP contribution is 2.35. The minimum atomic E-state index is 1.04. The van der Waals surface area contributed by atoms with Crippen molar-refractivity contribution in [2.75, 3.05) is 0 Å². The smallest absolute Gasteiger partial charge is 0.0790 e. The molecule has 0 saturated heterocycles. The summed E-state index contributed by atoms with van der Waals surface area (Å²) in [6, 6.07) is 19.6. The van der Waals surface area contributed by atoms with Crippen LogP contribution >= 0.6 is 0 Å². The SMILES string of the molecule is C1=Cc2cc3c4ccccc4c4ccccc4c3nc2CC1. The summed E-state index contributed by atoms with van der Waals surface area (Å²) in [5, 5.41) is 6.43. The van der Waals surface area contributed by atoms with E-state index in [9.17, 15) is 0 Å². The zero-order chi connectivity index (χ0) is 14.5. The molecule has 0 unspecified atom stereocenters. The average Bonchev–Trinajstić information content (AvgIpc) is 2.61. The molecule has 0 radical (unpaired) electrons. The molecule has 1 aromatic heterocycles. The van der Waals surface area contributed by atoms with Gasteiger partial charge in [-0.05, 0) is 40.6 Å². The van der Waals surface area contributed by atoms with Crippen LogP contribution < -0.4 is 0 Å². The predicted molar refractivity (Wildman–Crippen MR) is 94.1 cm³/mol. The van der Waals surface area contributed by atoms with E-state index >= 15 is 0 Å². The summed E-state index contributed by atoms with van der Waals surface area (Å²) in [6.45, 7) is 0. The van der Waals surface area contributed by atoms with Gasteiger partial charge in [-0.1, -0.05) is 60.7 Å². The number of fused-ring (bicyclic) bond motifs is 7. The first kappa shape index (κ1) is 11.9. The Morgan fingerprint density at radius 2 is 1.36 bits per heavy atom. The zero-order valence-corrected chi connectivity index (χ0v) is 12.2. The Hall–Kier alpha value is -2.67. The second-order valence-electron chi connectivity index (χ2n) is 5.95. The molecule has 0 aliphatic heterocycles. The Bertz CT molecular complexity index is 1070. The maximum Gasteiger partial charge on any atom is 0.0790 e. The molecule has 4 aromatic rings. The summed E-state index contributed by atoms with van der Waals surface area (Å²) >= 11 is 0. The summed E-state index contributed by atoms with van der Waals surface area (Å²) in [7, 11) is 0. The van der Waals surface area contributed by atoms with E-state index in [0.29, 0.717) is 0 Å². The lowest BCUT2D eigenvalue weighted by Crippen LogP contribution is -1.99. The van der Waals surface area contributed by atoms with E-state index in [2.05, 4.69) is 66.7 Å². The van der Waals surface area contributed by atoms with E-state index in [4.69, 9.17) is 4.98 Å². The van der Waals surface area contributed by atoms with Crippen LogP contribution in [0.5, 0.6) is 0 Å². The number of rotatable bonds is 0. The Morgan fingerprint density at radius 1 is 0.727 bits per heavy atom. The van der Waals surface area contributed by atoms with E-state index in [-0.39, 0.29) is 0 Å². The summed E-state index contributed by atoms with van der Waals surface area (Å²) in [5.74, 6) is 0. The first-order chi connectivity index (χ1) is 10.9. The predicted octanol–water partition coefficient (Wildman–Crippen LogP) is 5.50. The Labute approximate surface area is 128 Å². The first-order valence-electron chi connectivity index (χ1n) is 7.81. The van der Waals surface area contributed by atoms with Gasteiger partial charge in [-0.25, -0.2) is 0 Å². The van der Waals surface area contributed by atoms with Crippen molar-refractivity contribution in [2.24, 2.45) is 0 Å². The van der Waals surface area contributed by atoms with Gasteiger partial charge in [-0.2, -0.15) is 0 Å². The Balaban J connectivity index is 2.09. The third-order valence-electron chi connectivity index (χ3n) is 4.67. The van der Waals surface area contributed by atoms with Crippen LogP contribution in [0, 0.1) is 0 Å². The van der Waals surface area contributed by atoms with Crippen LogP contribution in [0.2, 0.25) is 0 Å². The molecular weight excluding hydrogens is 266 g/mol. The molecule has 0 atom stereocenters. The second-order valence-corrected chi connectivity index (χ2v) is 5.95. The number of benzene rings is 3. The van der Waals surface area contributed by atoms with Crippen LogP contribution in [0.3, 0.4) is 0 Å². The van der Waals surface area contributed by atoms with Crippen molar-refractivity contribution < 1.29 is 0 Å². The number of nitrogens with zero attached hydrogens (tertiary/aromatic N) is 1. The fraction of sp³-hybridized carbons (Fsp3) is 0.0952. The van der Waals surface area contributed by atoms with Gasteiger partial charge in [0.15, 0.2) is 0 Å². The van der Waals surface area contributed by atoms with Gasteiger partial charge < -0.3 is 0 Å². The fourth-order valence-corrected chi connectivity index (χ4v) is 3.63. The summed E-state index contributed by atoms with van der Waals surface area (Å²) < 4.78 is 0. The number of aryl methyl sites for hydroxylation is 1. The van der Waals surface area contributed by atoms with Crippen molar-refractivity contribution in [2.45, 2.75) is 12.8 Å². The molecule has 0 saturated carbocycles. The van der Waals surface area contributed by atoms with Crippen molar-refractivity contribution >= 4 is 38.5 Å². The van der Waals surface area contributed by atoms with Crippen molar-refractivity contribution in [3.05, 3.63) is 71.9 Å². The summed E-state index contributed by atoms with van der Waals surface area (Å²) in [4.78, 5) is 5.04. The molecule has 0 spiro atoms. The average molecular weight is 281 g/mol. The standard InChI is InChI=1S/C21H15N/c1-6-12-20-14(7-1)13-19-17-10-3-2-8-15(17)16-9-4-5-11-18(16)21(19)22-20/h1-5,7-11,13H,6,12H2. The summed E-state index contributed by atoms with van der Waals surface area (Å²) in [5.41, 5.74) is 3.65. The van der Waals surface area contributed by atoms with Gasteiger partial charge in [0.25, 0.3) is 0 Å². The number of allylic oxidation sites excluding steroid dienone is 1. The van der Waals surface area contributed by atoms with Gasteiger partial charge >= 0.3 is 0 Å². The molecule has 1 aliphatic rings. The van der Waals surface area contributed by atoms with E-state index in [0.717, 1.165) is 18.4 Å². The van der Waals surface area contributed by atoms with Crippen LogP contribution in [0.25, 0.3) is 38.5 Å². The van der Waals surface area contributed by atoms with Crippen LogP contribution in [0.15, 0.2) is 60.7 Å². The number of hydrogen-bond acceptors (Lipinski definition) is 1. The van der Waals surface area contributed by atoms with E-state index in [1.165, 1.54) is 38.2 Å². The normalized spacial score (nSPS) is 13.8. The molecule has 1 nitrogen and oxygen atoms in total. The van der Waals surface area contributed by atoms with Gasteiger partial charge in [-0.3, -0.25) is 4.98 Å². The van der Waals surface area contributed by atoms with E-state index < -0.39 is 0 Å². The molecule has 1 heteroatoms. The van der Waals surface area contributed by atoms with Gasteiger partial charge in [-0.15, -0.1) is 0 Å². The molecular formula is C21H15N. The molecule has 5 rings (SSSR count). The van der Waals surface area contributed by atoms with Gasteiger partial charge in [0, 0.05) is 16.5 Å². The molecule has 1 aliphatic carbocycles. The van der Waals surface area contributed by atoms with Crippen LogP contribution in [0.1, 0.15) is 17.7 Å². The van der Waals surface area contributed by atoms with Crippen LogP contribution in [-0.4, -0.2) is 4.98 Å². The highest BCUT2D eigenvalue weighted by Gasteiger charge is 2.13. The Kier molecular flexibility index (Phi) is 2.39. The van der Waals surface area contributed by atoms with E-state index in [1.807, 2.05) is 0 Å². The highest BCUT2D eigenvalue weighted by atomic mass is 14.7. The monoisotopic (exact) mass is 281 g/mol. The van der Waals surface area contributed by atoms with Crippen molar-refractivity contribution in [3.63, 3.8) is 0 Å². The topological polar surface area (TPSA) is 12.9 Å². The van der Waals surface area contributed by atoms with E-state index in [1.54, 1.807) is 0 Å². The molecule has 0 amide bonds. The van der Waals surface area contributed by atoms with Gasteiger partial charge in [0.1, 0.15) is 0 Å². The largest absolute Gasteiger partial charge is 0.252 e. The van der Waals surface area contributed by atoms with Gasteiger partial charge in [0.2, 0.25) is 0 Å². The van der Waals surface area contributed by atoms with Crippen LogP contribution in [0.4, 0.5) is 0 Å². The molecule has 0 bridgehead atoms. The number of pyridine rings is 1. The molecule has 22 heavy (non-hydrogen) atoms. The lowest BCUT2D eigenvalue weighted by molar-refractivity contribution is 0.939. The highest BCUT2D eigenvalue weighted by molar-refractivity contribution is 6.24. The molecule has 1 heterocycles. The molecule has 3 aromatic carbocycles. The minimum absolute atomic E-state index is 1.04. The lowest BCUT2D eigenvalue weighted by Gasteiger charge is -2.14. The third-order valence-corrected chi connectivity index (χ3v) is 4.67. The van der Waals surface area contributed by atoms with Crippen molar-refractivity contribution in [3.8, 4) is 0 Å². The maximum absolute atomic E-state index is 5.04. The lowest BCUT2D eigenvalue weighted by atomic mass is 9.94. The van der Waals surface area contributed by atoms with Crippen LogP contribution in [-0.2, 0) is 6.42 Å². The molecule has 0 fully saturated rings. The zero-order valence-electron chi connectivity index (χ0n) is 12.2. The first-order valence-corrected chi connectivity index (χ1v) is 7.81. The number of hydrogen-bond donors (Lipinski definition) is 0. The molecule has 104 valence electrons. The molecule has 0 N–H and O–H groups in total. The second kappa shape index (κ2) is 4.41. The quantitative estimate of drug-likeness (QED) is 0.388. The maximum atomic E-state index is 5.04. The fourth-order valence-electron chi connectivity index (χ4n) is 3.63. The Morgan fingerprint density at radius 3 is 2.14 bits per heavy atom. The van der Waals surface area contributed by atoms with Crippen molar-refractivity contribution in [1.29, 1.82) is 0 Å². The van der Waals surface area contributed by atoms with Crippen molar-refractivity contribution in [1.82, 2.24) is 4.98 Å². The van der Waals surface area contributed by atoms with Gasteiger partial charge in [0.05, 0.1) is 5.52 Å². The third kappa shape index (κ3) is 1.57. The minimum Gasteiger partial charge on any atom is -0.252 e. The summed E-state index contributed by atoms with van der Waals surface area (Å²) in [6.07, 6.45) is 6.61.